The highest BCUT2D eigenvalue weighted by atomic mass is 35.5. The van der Waals surface area contributed by atoms with Crippen LogP contribution in [0.2, 0.25) is 10.0 Å². The molecule has 0 fully saturated rings. The molecule has 0 aliphatic rings. The zero-order valence-corrected chi connectivity index (χ0v) is 19.5. The number of carbonyl (C=O) groups excluding carboxylic acids is 2. The largest absolute Gasteiger partial charge is 0.493 e. The van der Waals surface area contributed by atoms with E-state index in [1.54, 1.807) is 36.4 Å². The van der Waals surface area contributed by atoms with E-state index in [-0.39, 0.29) is 23.6 Å². The lowest BCUT2D eigenvalue weighted by Gasteiger charge is -2.11. The number of amides is 2. The molecule has 0 radical (unpaired) electrons. The first kappa shape index (κ1) is 23.8. The van der Waals surface area contributed by atoms with Crippen LogP contribution in [0, 0.1) is 11.7 Å². The van der Waals surface area contributed by atoms with Gasteiger partial charge in [0.15, 0.2) is 10.6 Å². The molecule has 2 aromatic carbocycles. The van der Waals surface area contributed by atoms with E-state index in [4.69, 9.17) is 40.2 Å². The maximum absolute atomic E-state index is 12.3. The number of nitrogens with zero attached hydrogens (tertiary/aromatic N) is 2. The number of benzene rings is 2. The van der Waals surface area contributed by atoms with E-state index < -0.39 is 5.91 Å². The van der Waals surface area contributed by atoms with Crippen molar-refractivity contribution >= 4 is 47.2 Å². The third-order valence-electron chi connectivity index (χ3n) is 4.45. The second-order valence-corrected chi connectivity index (χ2v) is 8.16. The molecule has 8 nitrogen and oxygen atoms in total. The van der Waals surface area contributed by atoms with Crippen molar-refractivity contribution in [3.05, 3.63) is 62.8 Å². The first-order chi connectivity index (χ1) is 15.3. The fourth-order valence-electron chi connectivity index (χ4n) is 2.86. The summed E-state index contributed by atoms with van der Waals surface area (Å²) in [5.41, 5.74) is 6.44. The molecule has 2 amide bonds. The summed E-state index contributed by atoms with van der Waals surface area (Å²) in [7, 11) is 0. The summed E-state index contributed by atoms with van der Waals surface area (Å²) in [5.74, 6) is 0.432. The van der Waals surface area contributed by atoms with Crippen molar-refractivity contribution in [2.45, 2.75) is 26.3 Å². The van der Waals surface area contributed by atoms with Gasteiger partial charge in [-0.25, -0.2) is 0 Å². The fraction of sp³-hybridized carbons (Fsp3) is 0.238. The Morgan fingerprint density at radius 3 is 2.50 bits per heavy atom. The van der Waals surface area contributed by atoms with Crippen LogP contribution in [0.1, 0.15) is 18.4 Å². The van der Waals surface area contributed by atoms with Gasteiger partial charge in [-0.3, -0.25) is 30.1 Å². The predicted molar refractivity (Wildman–Crippen MR) is 125 cm³/mol. The van der Waals surface area contributed by atoms with Crippen molar-refractivity contribution in [1.82, 2.24) is 25.6 Å². The molecule has 3 aromatic rings. The van der Waals surface area contributed by atoms with E-state index in [9.17, 15) is 9.59 Å². The molecule has 11 heteroatoms. The van der Waals surface area contributed by atoms with Crippen LogP contribution in [-0.4, -0.2) is 33.2 Å². The van der Waals surface area contributed by atoms with Gasteiger partial charge in [0.05, 0.1) is 6.61 Å². The molecule has 0 saturated heterocycles. The SMILES string of the molecule is Cc1cc(Cl)ccc1OCCCC(=O)NNC(=O)Cn1c(-c2ccc(Cl)cc2)n[nH]c1=S. The van der Waals surface area contributed by atoms with Gasteiger partial charge in [0.1, 0.15) is 12.3 Å². The van der Waals surface area contributed by atoms with Crippen LogP contribution < -0.4 is 15.6 Å². The number of carbonyl (C=O) groups is 2. The molecule has 1 aromatic heterocycles. The Kier molecular flexibility index (Phi) is 8.26. The van der Waals surface area contributed by atoms with Gasteiger partial charge in [0, 0.05) is 22.0 Å². The third kappa shape index (κ3) is 6.56. The number of aromatic amines is 1. The number of halogens is 2. The minimum Gasteiger partial charge on any atom is -0.493 e. The standard InChI is InChI=1S/C21H21Cl2N5O3S/c1-13-11-16(23)8-9-17(13)31-10-2-3-18(29)24-25-19(30)12-28-20(26-27-21(28)32)14-4-6-15(22)7-5-14/h4-9,11H,2-3,10,12H2,1H3,(H,24,29)(H,25,30)(H,27,32). The summed E-state index contributed by atoms with van der Waals surface area (Å²) < 4.78 is 7.47. The zero-order valence-electron chi connectivity index (χ0n) is 17.2. The molecular formula is C21H21Cl2N5O3S. The van der Waals surface area contributed by atoms with Crippen molar-refractivity contribution in [3.8, 4) is 17.1 Å². The highest BCUT2D eigenvalue weighted by Crippen LogP contribution is 2.22. The highest BCUT2D eigenvalue weighted by Gasteiger charge is 2.13. The fourth-order valence-corrected chi connectivity index (χ4v) is 3.41. The van der Waals surface area contributed by atoms with Crippen LogP contribution in [0.4, 0.5) is 0 Å². The molecule has 0 aliphatic heterocycles. The molecule has 0 aliphatic carbocycles. The van der Waals surface area contributed by atoms with Crippen molar-refractivity contribution < 1.29 is 14.3 Å². The molecule has 168 valence electrons. The lowest BCUT2D eigenvalue weighted by Crippen LogP contribution is -2.43. The van der Waals surface area contributed by atoms with E-state index in [0.29, 0.717) is 28.9 Å². The number of aromatic nitrogens is 3. The van der Waals surface area contributed by atoms with E-state index in [0.717, 1.165) is 16.9 Å². The second-order valence-electron chi connectivity index (χ2n) is 6.90. The quantitative estimate of drug-likeness (QED) is 0.247. The predicted octanol–water partition coefficient (Wildman–Crippen LogP) is 4.23. The summed E-state index contributed by atoms with van der Waals surface area (Å²) in [6.45, 7) is 2.14. The maximum atomic E-state index is 12.3. The summed E-state index contributed by atoms with van der Waals surface area (Å²) in [5, 5.41) is 8.06. The van der Waals surface area contributed by atoms with Gasteiger partial charge in [0.2, 0.25) is 5.91 Å². The molecule has 3 rings (SSSR count). The average molecular weight is 494 g/mol. The summed E-state index contributed by atoms with van der Waals surface area (Å²) in [6, 6.07) is 12.3. The number of nitrogens with one attached hydrogen (secondary N) is 3. The van der Waals surface area contributed by atoms with Gasteiger partial charge in [-0.15, -0.1) is 0 Å². The lowest BCUT2D eigenvalue weighted by molar-refractivity contribution is -0.129. The molecule has 0 unspecified atom stereocenters. The average Bonchev–Trinajstić information content (AvgIpc) is 3.11. The minimum atomic E-state index is -0.445. The summed E-state index contributed by atoms with van der Waals surface area (Å²) in [6.07, 6.45) is 0.672. The number of aryl methyl sites for hydroxylation is 1. The molecule has 0 atom stereocenters. The lowest BCUT2D eigenvalue weighted by atomic mass is 10.2. The number of H-pyrrole nitrogens is 1. The Bertz CT molecular complexity index is 1160. The summed E-state index contributed by atoms with van der Waals surface area (Å²) >= 11 is 17.0. The second kappa shape index (κ2) is 11.1. The third-order valence-corrected chi connectivity index (χ3v) is 5.25. The van der Waals surface area contributed by atoms with Gasteiger partial charge in [-0.1, -0.05) is 23.2 Å². The molecule has 0 spiro atoms. The van der Waals surface area contributed by atoms with E-state index in [1.807, 2.05) is 13.0 Å². The molecule has 0 saturated carbocycles. The maximum Gasteiger partial charge on any atom is 0.258 e. The van der Waals surface area contributed by atoms with Crippen molar-refractivity contribution in [2.24, 2.45) is 0 Å². The van der Waals surface area contributed by atoms with Gasteiger partial charge in [0.25, 0.3) is 5.91 Å². The van der Waals surface area contributed by atoms with Crippen LogP contribution >= 0.6 is 35.4 Å². The first-order valence-corrected chi connectivity index (χ1v) is 10.9. The van der Waals surface area contributed by atoms with Crippen LogP contribution in [-0.2, 0) is 16.1 Å². The van der Waals surface area contributed by atoms with Crippen molar-refractivity contribution in [3.63, 3.8) is 0 Å². The number of rotatable bonds is 8. The number of hydrazine groups is 1. The number of hydrogen-bond acceptors (Lipinski definition) is 5. The molecular weight excluding hydrogens is 473 g/mol. The smallest absolute Gasteiger partial charge is 0.258 e. The highest BCUT2D eigenvalue weighted by molar-refractivity contribution is 7.71. The van der Waals surface area contributed by atoms with Gasteiger partial charge >= 0.3 is 0 Å². The minimum absolute atomic E-state index is 0.119. The topological polar surface area (TPSA) is 101 Å². The van der Waals surface area contributed by atoms with Crippen molar-refractivity contribution in [1.29, 1.82) is 0 Å². The van der Waals surface area contributed by atoms with Crippen molar-refractivity contribution in [2.75, 3.05) is 6.61 Å². The van der Waals surface area contributed by atoms with Crippen LogP contribution in [0.5, 0.6) is 5.75 Å². The van der Waals surface area contributed by atoms with Crippen LogP contribution in [0.3, 0.4) is 0 Å². The Hall–Kier alpha value is -2.88. The van der Waals surface area contributed by atoms with Crippen LogP contribution in [0.15, 0.2) is 42.5 Å². The van der Waals surface area contributed by atoms with Gasteiger partial charge in [-0.2, -0.15) is 5.10 Å². The zero-order chi connectivity index (χ0) is 23.1. The Morgan fingerprint density at radius 1 is 1.09 bits per heavy atom. The van der Waals surface area contributed by atoms with Gasteiger partial charge in [-0.05, 0) is 73.6 Å². The monoisotopic (exact) mass is 493 g/mol. The molecule has 3 N–H and O–H groups in total. The van der Waals surface area contributed by atoms with Crippen LogP contribution in [0.25, 0.3) is 11.4 Å². The van der Waals surface area contributed by atoms with E-state index in [1.165, 1.54) is 4.57 Å². The molecule has 1 heterocycles. The number of ether oxygens (including phenoxy) is 1. The van der Waals surface area contributed by atoms with E-state index in [2.05, 4.69) is 21.0 Å². The Morgan fingerprint density at radius 2 is 1.78 bits per heavy atom. The molecule has 0 bridgehead atoms. The van der Waals surface area contributed by atoms with E-state index >= 15 is 0 Å². The summed E-state index contributed by atoms with van der Waals surface area (Å²) in [4.78, 5) is 24.3. The molecule has 32 heavy (non-hydrogen) atoms. The number of hydrogen-bond donors (Lipinski definition) is 3. The first-order valence-electron chi connectivity index (χ1n) is 9.71. The van der Waals surface area contributed by atoms with Gasteiger partial charge < -0.3 is 4.74 Å². The Balaban J connectivity index is 1.44. The Labute approximate surface area is 199 Å². The normalized spacial score (nSPS) is 10.6.